The van der Waals surface area contributed by atoms with Gasteiger partial charge in [-0.2, -0.15) is 0 Å². The van der Waals surface area contributed by atoms with E-state index in [0.717, 1.165) is 0 Å². The molecule has 0 heterocycles. The van der Waals surface area contributed by atoms with E-state index in [1.165, 1.54) is 6.92 Å². The largest absolute Gasteiger partial charge is 0.469 e. The third-order valence-corrected chi connectivity index (χ3v) is 2.23. The van der Waals surface area contributed by atoms with E-state index in [1.807, 2.05) is 21.1 Å². The average molecular weight is 318 g/mol. The van der Waals surface area contributed by atoms with Gasteiger partial charge >= 0.3 is 13.8 Å². The Hall–Kier alpha value is -0.540. The fourth-order valence-electron chi connectivity index (χ4n) is 0.700. The second kappa shape index (κ2) is 10.2. The summed E-state index contributed by atoms with van der Waals surface area (Å²) in [4.78, 5) is 26.6. The van der Waals surface area contributed by atoms with E-state index in [9.17, 15) is 9.36 Å². The zero-order valence-corrected chi connectivity index (χ0v) is 13.1. The summed E-state index contributed by atoms with van der Waals surface area (Å²) in [5.41, 5.74) is 0. The Labute approximate surface area is 118 Å². The first-order chi connectivity index (χ1) is 8.87. The molecule has 0 radical (unpaired) electrons. The molecule has 0 spiro atoms. The van der Waals surface area contributed by atoms with Crippen LogP contribution in [0.3, 0.4) is 0 Å². The van der Waals surface area contributed by atoms with Crippen LogP contribution in [0.15, 0.2) is 0 Å². The van der Waals surface area contributed by atoms with Crippen LogP contribution in [0.5, 0.6) is 0 Å². The topological polar surface area (TPSA) is 134 Å². The zero-order chi connectivity index (χ0) is 16.4. The monoisotopic (exact) mass is 318 g/mol. The number of hydrogen-bond acceptors (Lipinski definition) is 6. The summed E-state index contributed by atoms with van der Waals surface area (Å²) in [6.45, 7) is 1.38. The maximum atomic E-state index is 10.2. The van der Waals surface area contributed by atoms with Gasteiger partial charge in [-0.05, 0) is 0 Å². The van der Waals surface area contributed by atoms with Gasteiger partial charge in [-0.15, -0.1) is 0 Å². The second-order valence-electron chi connectivity index (χ2n) is 4.98. The number of carbonyl (C=O) groups is 1. The molecule has 1 atom stereocenters. The fraction of sp³-hybridized carbons (Fsp3) is 0.900. The highest BCUT2D eigenvalue weighted by Gasteiger charge is 2.15. The molecular weight excluding hydrogens is 293 g/mol. The van der Waals surface area contributed by atoms with E-state index in [0.29, 0.717) is 11.0 Å². The molecule has 4 N–H and O–H groups in total. The predicted octanol–water partition coefficient (Wildman–Crippen LogP) is -1.30. The van der Waals surface area contributed by atoms with Crippen molar-refractivity contribution in [3.05, 3.63) is 0 Å². The molecule has 0 aliphatic rings. The molecule has 0 aromatic rings. The Balaban J connectivity index is 0. The standard InChI is InChI=1S/C5H14NO4P.C5H10O4/c1-6(2,3)4-5-10-11(7,8)9;1-4(7)9-3-5(8)2-6/h4-5H2,1-3H3,(H-,7,8,9);5-6,8H,2-3H2,1H3/p+1. The molecule has 1 unspecified atom stereocenters. The Morgan fingerprint density at radius 3 is 2.10 bits per heavy atom. The molecule has 9 nitrogen and oxygen atoms in total. The van der Waals surface area contributed by atoms with Crippen LogP contribution in [-0.2, 0) is 18.6 Å². The molecule has 122 valence electrons. The Bertz CT molecular complexity index is 311. The van der Waals surface area contributed by atoms with Crippen LogP contribution in [0, 0.1) is 0 Å². The summed E-state index contributed by atoms with van der Waals surface area (Å²) < 4.78 is 19.4. The number of hydrogen-bond donors (Lipinski definition) is 4. The minimum absolute atomic E-state index is 0.0772. The summed E-state index contributed by atoms with van der Waals surface area (Å²) >= 11 is 0. The summed E-state index contributed by atoms with van der Waals surface area (Å²) in [7, 11) is 1.50. The van der Waals surface area contributed by atoms with Crippen molar-refractivity contribution in [2.24, 2.45) is 0 Å². The summed E-state index contributed by atoms with van der Waals surface area (Å²) in [5.74, 6) is -0.456. The first kappa shape index (κ1) is 21.8. The fourth-order valence-corrected chi connectivity index (χ4v) is 1.02. The number of nitrogens with zero attached hydrogens (tertiary/aromatic N) is 1. The highest BCUT2D eigenvalue weighted by Crippen LogP contribution is 2.35. The van der Waals surface area contributed by atoms with Gasteiger partial charge in [-0.25, -0.2) is 4.57 Å². The molecule has 10 heteroatoms. The van der Waals surface area contributed by atoms with Crippen molar-refractivity contribution < 1.29 is 43.1 Å². The maximum Gasteiger partial charge on any atom is 0.469 e. The Kier molecular flexibility index (Phi) is 11.1. The quantitative estimate of drug-likeness (QED) is 0.259. The minimum atomic E-state index is -4.26. The van der Waals surface area contributed by atoms with Crippen molar-refractivity contribution in [2.75, 3.05) is 47.5 Å². The highest BCUT2D eigenvalue weighted by molar-refractivity contribution is 7.46. The lowest BCUT2D eigenvalue weighted by atomic mass is 10.4. The van der Waals surface area contributed by atoms with Gasteiger partial charge in [0.2, 0.25) is 0 Å². The molecule has 0 fully saturated rings. The van der Waals surface area contributed by atoms with Crippen LogP contribution in [-0.4, -0.2) is 84.1 Å². The lowest BCUT2D eigenvalue weighted by Gasteiger charge is -2.23. The second-order valence-corrected chi connectivity index (χ2v) is 6.22. The zero-order valence-electron chi connectivity index (χ0n) is 12.2. The number of phosphoric acid groups is 1. The number of ether oxygens (including phenoxy) is 1. The lowest BCUT2D eigenvalue weighted by molar-refractivity contribution is -0.870. The number of aliphatic hydroxyl groups is 2. The van der Waals surface area contributed by atoms with Gasteiger partial charge in [0.15, 0.2) is 0 Å². The first-order valence-electron chi connectivity index (χ1n) is 5.80. The van der Waals surface area contributed by atoms with Gasteiger partial charge in [-0.3, -0.25) is 9.32 Å². The van der Waals surface area contributed by atoms with Crippen molar-refractivity contribution in [3.8, 4) is 0 Å². The van der Waals surface area contributed by atoms with Gasteiger partial charge in [0.25, 0.3) is 0 Å². The molecule has 0 aromatic heterocycles. The molecule has 0 bridgehead atoms. The Morgan fingerprint density at radius 1 is 1.30 bits per heavy atom. The minimum Gasteiger partial charge on any atom is -0.463 e. The van der Waals surface area contributed by atoms with E-state index in [4.69, 9.17) is 20.0 Å². The van der Waals surface area contributed by atoms with Gasteiger partial charge < -0.3 is 29.2 Å². The van der Waals surface area contributed by atoms with Gasteiger partial charge in [-0.1, -0.05) is 0 Å². The molecule has 0 amide bonds. The summed E-state index contributed by atoms with van der Waals surface area (Å²) in [6.07, 6.45) is -0.950. The van der Waals surface area contributed by atoms with Crippen LogP contribution in [0.2, 0.25) is 0 Å². The summed E-state index contributed by atoms with van der Waals surface area (Å²) in [6, 6.07) is 0. The smallest absolute Gasteiger partial charge is 0.463 e. The number of phosphoric ester groups is 1. The molecule has 0 rings (SSSR count). The molecule has 20 heavy (non-hydrogen) atoms. The van der Waals surface area contributed by atoms with Gasteiger partial charge in [0, 0.05) is 6.92 Å². The SMILES string of the molecule is CC(=O)OCC(O)CO.C[N+](C)(C)CCOP(=O)(O)O. The molecule has 0 aromatic carbocycles. The van der Waals surface area contributed by atoms with Crippen LogP contribution in [0.4, 0.5) is 0 Å². The van der Waals surface area contributed by atoms with E-state index >= 15 is 0 Å². The average Bonchev–Trinajstić information content (AvgIpc) is 2.22. The third-order valence-electron chi connectivity index (χ3n) is 1.71. The van der Waals surface area contributed by atoms with Crippen molar-refractivity contribution in [3.63, 3.8) is 0 Å². The molecule has 0 saturated heterocycles. The van der Waals surface area contributed by atoms with E-state index in [2.05, 4.69) is 9.26 Å². The van der Waals surface area contributed by atoms with Crippen LogP contribution < -0.4 is 0 Å². The lowest BCUT2D eigenvalue weighted by Crippen LogP contribution is -2.37. The number of carbonyl (C=O) groups excluding carboxylic acids is 1. The third kappa shape index (κ3) is 22.6. The number of aliphatic hydroxyl groups excluding tert-OH is 2. The molecular formula is C10H25NO8P+. The maximum absolute atomic E-state index is 10.2. The van der Waals surface area contributed by atoms with E-state index in [-0.39, 0.29) is 19.8 Å². The molecule has 0 aliphatic carbocycles. The highest BCUT2D eigenvalue weighted by atomic mass is 31.2. The number of likely N-dealkylation sites (N-methyl/N-ethyl adjacent to an activating group) is 1. The van der Waals surface area contributed by atoms with E-state index in [1.54, 1.807) is 0 Å². The van der Waals surface area contributed by atoms with E-state index < -0.39 is 19.9 Å². The number of quaternary nitrogens is 1. The predicted molar refractivity (Wildman–Crippen MR) is 70.6 cm³/mol. The van der Waals surface area contributed by atoms with Gasteiger partial charge in [0.05, 0.1) is 27.7 Å². The first-order valence-corrected chi connectivity index (χ1v) is 7.33. The normalized spacial score (nSPS) is 13.2. The van der Waals surface area contributed by atoms with Crippen molar-refractivity contribution in [1.82, 2.24) is 0 Å². The van der Waals surface area contributed by atoms with Crippen LogP contribution in [0.25, 0.3) is 0 Å². The van der Waals surface area contributed by atoms with Crippen molar-refractivity contribution in [1.29, 1.82) is 0 Å². The Morgan fingerprint density at radius 2 is 1.80 bits per heavy atom. The molecule has 0 aliphatic heterocycles. The molecule has 0 saturated carbocycles. The van der Waals surface area contributed by atoms with Crippen LogP contribution >= 0.6 is 7.82 Å². The number of esters is 1. The number of rotatable bonds is 7. The summed E-state index contributed by atoms with van der Waals surface area (Å²) in [5, 5.41) is 16.8. The van der Waals surface area contributed by atoms with Gasteiger partial charge in [0.1, 0.15) is 25.9 Å². The van der Waals surface area contributed by atoms with Crippen molar-refractivity contribution >= 4 is 13.8 Å². The van der Waals surface area contributed by atoms with Crippen LogP contribution in [0.1, 0.15) is 6.92 Å². The van der Waals surface area contributed by atoms with Crippen molar-refractivity contribution in [2.45, 2.75) is 13.0 Å².